The van der Waals surface area contributed by atoms with Crippen LogP contribution in [0.4, 0.5) is 5.82 Å². The zero-order valence-corrected chi connectivity index (χ0v) is 19.1. The van der Waals surface area contributed by atoms with Gasteiger partial charge in [-0.1, -0.05) is 48.3 Å². The number of dihydropyridines is 1. The highest BCUT2D eigenvalue weighted by molar-refractivity contribution is 6.42. The molecule has 1 aromatic carbocycles. The van der Waals surface area contributed by atoms with E-state index in [0.717, 1.165) is 17.7 Å². The van der Waals surface area contributed by atoms with Gasteiger partial charge in [-0.3, -0.25) is 9.59 Å². The Labute approximate surface area is 191 Å². The van der Waals surface area contributed by atoms with Gasteiger partial charge in [0.2, 0.25) is 0 Å². The molecule has 0 saturated heterocycles. The molecule has 1 aliphatic heterocycles. The maximum Gasteiger partial charge on any atom is 0.255 e. The van der Waals surface area contributed by atoms with Gasteiger partial charge < -0.3 is 10.6 Å². The van der Waals surface area contributed by atoms with E-state index in [1.54, 1.807) is 24.4 Å². The van der Waals surface area contributed by atoms with E-state index < -0.39 is 5.92 Å². The molecule has 0 fully saturated rings. The first kappa shape index (κ1) is 21.6. The van der Waals surface area contributed by atoms with E-state index in [4.69, 9.17) is 23.2 Å². The summed E-state index contributed by atoms with van der Waals surface area (Å²) in [6, 6.07) is 8.93. The smallest absolute Gasteiger partial charge is 0.255 e. The molecule has 1 aliphatic carbocycles. The standard InChI is InChI=1S/C24H23Cl2N3O2/c1-12-7-8-19(27-11-12)29-24(31)20-14(3)28-17-9-13(2)10-18(30)22(17)21(20)15-5-4-6-16(25)23(15)26/h4-8,11,13,21,28H,9-10H2,1-3H3,(H,27,29,31). The summed E-state index contributed by atoms with van der Waals surface area (Å²) >= 11 is 12.9. The number of pyridine rings is 1. The summed E-state index contributed by atoms with van der Waals surface area (Å²) in [5, 5.41) is 6.92. The zero-order valence-electron chi connectivity index (χ0n) is 17.6. The Morgan fingerprint density at radius 2 is 1.94 bits per heavy atom. The van der Waals surface area contributed by atoms with E-state index in [1.807, 2.05) is 26.0 Å². The number of benzene rings is 1. The van der Waals surface area contributed by atoms with Gasteiger partial charge in [-0.15, -0.1) is 0 Å². The highest BCUT2D eigenvalue weighted by atomic mass is 35.5. The Bertz CT molecular complexity index is 1140. The summed E-state index contributed by atoms with van der Waals surface area (Å²) in [6.45, 7) is 5.82. The van der Waals surface area contributed by atoms with E-state index in [-0.39, 0.29) is 17.6 Å². The number of nitrogens with one attached hydrogen (secondary N) is 2. The van der Waals surface area contributed by atoms with Crippen LogP contribution in [0.15, 0.2) is 59.1 Å². The number of hydrogen-bond acceptors (Lipinski definition) is 4. The van der Waals surface area contributed by atoms with Gasteiger partial charge in [0.15, 0.2) is 5.78 Å². The van der Waals surface area contributed by atoms with Crippen LogP contribution in [0, 0.1) is 12.8 Å². The van der Waals surface area contributed by atoms with Gasteiger partial charge in [-0.25, -0.2) is 4.98 Å². The van der Waals surface area contributed by atoms with Gasteiger partial charge in [0, 0.05) is 41.1 Å². The molecule has 0 bridgehead atoms. The fourth-order valence-corrected chi connectivity index (χ4v) is 4.73. The Hall–Kier alpha value is -2.63. The number of anilines is 1. The van der Waals surface area contributed by atoms with Crippen LogP contribution in [0.2, 0.25) is 10.0 Å². The van der Waals surface area contributed by atoms with Gasteiger partial charge >= 0.3 is 0 Å². The number of ketones is 1. The largest absolute Gasteiger partial charge is 0.362 e. The average Bonchev–Trinajstić information content (AvgIpc) is 2.70. The molecule has 2 aromatic rings. The Morgan fingerprint density at radius 1 is 1.16 bits per heavy atom. The molecule has 2 atom stereocenters. The van der Waals surface area contributed by atoms with E-state index >= 15 is 0 Å². The summed E-state index contributed by atoms with van der Waals surface area (Å²) < 4.78 is 0. The van der Waals surface area contributed by atoms with Gasteiger partial charge in [-0.05, 0) is 49.4 Å². The second kappa shape index (κ2) is 8.48. The lowest BCUT2D eigenvalue weighted by molar-refractivity contribution is -0.117. The SMILES string of the molecule is CC1=C(C(=O)Nc2ccc(C)cn2)C(c2cccc(Cl)c2Cl)C2=C(CC(C)CC2=O)N1. The third-order valence-electron chi connectivity index (χ3n) is 5.72. The quantitative estimate of drug-likeness (QED) is 0.636. The summed E-state index contributed by atoms with van der Waals surface area (Å²) in [6.07, 6.45) is 2.86. The first-order valence-electron chi connectivity index (χ1n) is 10.2. The van der Waals surface area contributed by atoms with Crippen LogP contribution >= 0.6 is 23.2 Å². The highest BCUT2D eigenvalue weighted by Gasteiger charge is 2.40. The second-order valence-corrected chi connectivity index (χ2v) is 9.03. The number of rotatable bonds is 3. The van der Waals surface area contributed by atoms with Gasteiger partial charge in [0.05, 0.1) is 10.0 Å². The second-order valence-electron chi connectivity index (χ2n) is 8.24. The van der Waals surface area contributed by atoms with Gasteiger partial charge in [0.25, 0.3) is 5.91 Å². The van der Waals surface area contributed by atoms with E-state index in [0.29, 0.717) is 44.7 Å². The van der Waals surface area contributed by atoms with Crippen LogP contribution in [0.3, 0.4) is 0 Å². The predicted molar refractivity (Wildman–Crippen MR) is 123 cm³/mol. The molecule has 0 spiro atoms. The van der Waals surface area contributed by atoms with E-state index in [1.165, 1.54) is 0 Å². The van der Waals surface area contributed by atoms with Crippen molar-refractivity contribution in [1.82, 2.24) is 10.3 Å². The third kappa shape index (κ3) is 4.12. The van der Waals surface area contributed by atoms with Crippen molar-refractivity contribution < 1.29 is 9.59 Å². The van der Waals surface area contributed by atoms with Crippen LogP contribution in [-0.2, 0) is 9.59 Å². The van der Waals surface area contributed by atoms with Crippen molar-refractivity contribution in [2.75, 3.05) is 5.32 Å². The first-order chi connectivity index (χ1) is 14.8. The molecule has 1 amide bonds. The molecule has 1 aromatic heterocycles. The van der Waals surface area contributed by atoms with Crippen LogP contribution in [0.5, 0.6) is 0 Å². The van der Waals surface area contributed by atoms with Crippen LogP contribution in [0.1, 0.15) is 43.7 Å². The van der Waals surface area contributed by atoms with Crippen molar-refractivity contribution in [3.8, 4) is 0 Å². The number of amides is 1. The number of allylic oxidation sites excluding steroid dienone is 3. The van der Waals surface area contributed by atoms with Crippen molar-refractivity contribution in [3.63, 3.8) is 0 Å². The monoisotopic (exact) mass is 455 g/mol. The maximum absolute atomic E-state index is 13.4. The average molecular weight is 456 g/mol. The van der Waals surface area contributed by atoms with Crippen molar-refractivity contribution in [3.05, 3.63) is 80.2 Å². The summed E-state index contributed by atoms with van der Waals surface area (Å²) in [5.74, 6) is -0.244. The zero-order chi connectivity index (χ0) is 22.3. The minimum atomic E-state index is -0.604. The van der Waals surface area contributed by atoms with Crippen molar-refractivity contribution in [2.24, 2.45) is 5.92 Å². The molecule has 2 heterocycles. The normalized spacial score (nSPS) is 21.0. The maximum atomic E-state index is 13.4. The number of Topliss-reactive ketones (excluding diaryl/α,β-unsaturated/α-hetero) is 1. The Balaban J connectivity index is 1.83. The number of carbonyl (C=O) groups excluding carboxylic acids is 2. The molecule has 2 aliphatic rings. The third-order valence-corrected chi connectivity index (χ3v) is 6.56. The van der Waals surface area contributed by atoms with Crippen molar-refractivity contribution in [1.29, 1.82) is 0 Å². The number of aryl methyl sites for hydroxylation is 1. The molecule has 2 N–H and O–H groups in total. The van der Waals surface area contributed by atoms with Crippen molar-refractivity contribution >= 4 is 40.7 Å². The molecule has 160 valence electrons. The van der Waals surface area contributed by atoms with E-state index in [9.17, 15) is 9.59 Å². The number of nitrogens with zero attached hydrogens (tertiary/aromatic N) is 1. The molecule has 0 saturated carbocycles. The number of carbonyl (C=O) groups is 2. The molecule has 7 heteroatoms. The molecule has 0 radical (unpaired) electrons. The minimum Gasteiger partial charge on any atom is -0.362 e. The number of hydrogen-bond donors (Lipinski definition) is 2. The molecular weight excluding hydrogens is 433 g/mol. The fourth-order valence-electron chi connectivity index (χ4n) is 4.31. The van der Waals surface area contributed by atoms with Gasteiger partial charge in [0.1, 0.15) is 5.82 Å². The lowest BCUT2D eigenvalue weighted by Crippen LogP contribution is -2.37. The van der Waals surface area contributed by atoms with Crippen LogP contribution in [-0.4, -0.2) is 16.7 Å². The molecule has 2 unspecified atom stereocenters. The lowest BCUT2D eigenvalue weighted by Gasteiger charge is -2.36. The molecule has 31 heavy (non-hydrogen) atoms. The number of aromatic nitrogens is 1. The number of halogens is 2. The highest BCUT2D eigenvalue weighted by Crippen LogP contribution is 2.46. The van der Waals surface area contributed by atoms with Crippen LogP contribution < -0.4 is 10.6 Å². The first-order valence-corrected chi connectivity index (χ1v) is 10.9. The lowest BCUT2D eigenvalue weighted by atomic mass is 9.73. The predicted octanol–water partition coefficient (Wildman–Crippen LogP) is 5.55. The van der Waals surface area contributed by atoms with E-state index in [2.05, 4.69) is 22.5 Å². The van der Waals surface area contributed by atoms with Crippen LogP contribution in [0.25, 0.3) is 0 Å². The van der Waals surface area contributed by atoms with Crippen molar-refractivity contribution in [2.45, 2.75) is 39.5 Å². The fraction of sp³-hybridized carbons (Fsp3) is 0.292. The topological polar surface area (TPSA) is 71.1 Å². The Kier molecular flexibility index (Phi) is 5.91. The Morgan fingerprint density at radius 3 is 2.65 bits per heavy atom. The molecular formula is C24H23Cl2N3O2. The summed E-state index contributed by atoms with van der Waals surface area (Å²) in [5.41, 5.74) is 4.21. The summed E-state index contributed by atoms with van der Waals surface area (Å²) in [7, 11) is 0. The molecule has 4 rings (SSSR count). The van der Waals surface area contributed by atoms with Gasteiger partial charge in [-0.2, -0.15) is 0 Å². The molecule has 5 nitrogen and oxygen atoms in total. The minimum absolute atomic E-state index is 0.0218. The summed E-state index contributed by atoms with van der Waals surface area (Å²) in [4.78, 5) is 30.9.